The van der Waals surface area contributed by atoms with Gasteiger partial charge in [-0.1, -0.05) is 0 Å². The van der Waals surface area contributed by atoms with Crippen LogP contribution in [0, 0.1) is 18.4 Å². The quantitative estimate of drug-likeness (QED) is 0.313. The van der Waals surface area contributed by atoms with E-state index in [-0.39, 0.29) is 0 Å². The molecule has 0 spiro atoms. The van der Waals surface area contributed by atoms with Gasteiger partial charge >= 0.3 is 0 Å². The molecule has 6 heteroatoms. The average Bonchev–Trinajstić information content (AvgIpc) is 2.64. The van der Waals surface area contributed by atoms with Gasteiger partial charge in [-0.15, -0.1) is 11.3 Å². The molecule has 84 valence electrons. The number of aryl methyl sites for hydroxylation is 1. The number of thiazole rings is 1. The van der Waals surface area contributed by atoms with Crippen molar-refractivity contribution in [2.75, 3.05) is 13.6 Å². The molecular formula is C10H13N5S. The fraction of sp³-hybridized carbons (Fsp3) is 0.500. The minimum absolute atomic E-state index is 0.638. The molecule has 1 aromatic heterocycles. The van der Waals surface area contributed by atoms with Gasteiger partial charge in [0.05, 0.1) is 17.2 Å². The highest BCUT2D eigenvalue weighted by Crippen LogP contribution is 2.24. The van der Waals surface area contributed by atoms with Crippen molar-refractivity contribution in [1.82, 2.24) is 15.2 Å². The third-order valence-electron chi connectivity index (χ3n) is 2.52. The Morgan fingerprint density at radius 2 is 2.50 bits per heavy atom. The number of guanidine groups is 1. The highest BCUT2D eigenvalue weighted by molar-refractivity contribution is 7.11. The van der Waals surface area contributed by atoms with Gasteiger partial charge in [-0.05, 0) is 6.92 Å². The molecule has 0 unspecified atom stereocenters. The Bertz CT molecular complexity index is 456. The summed E-state index contributed by atoms with van der Waals surface area (Å²) in [7, 11) is 1.69. The van der Waals surface area contributed by atoms with Crippen molar-refractivity contribution in [3.63, 3.8) is 0 Å². The first kappa shape index (κ1) is 10.9. The highest BCUT2D eigenvalue weighted by atomic mass is 32.1. The molecule has 0 bridgehead atoms. The summed E-state index contributed by atoms with van der Waals surface area (Å²) in [4.78, 5) is 11.9. The van der Waals surface area contributed by atoms with E-state index in [0.29, 0.717) is 5.96 Å². The van der Waals surface area contributed by atoms with Gasteiger partial charge in [0.2, 0.25) is 5.96 Å². The van der Waals surface area contributed by atoms with E-state index in [9.17, 15) is 0 Å². The standard InChI is InChI=1S/C10H13N5S/c1-7-14-8-3-4-15(5-9(8)16-7)10(12-2)13-6-11/h3-5H2,1-2H3,(H,12,13). The van der Waals surface area contributed by atoms with Crippen molar-refractivity contribution in [2.24, 2.45) is 4.99 Å². The maximum Gasteiger partial charge on any atom is 0.207 e. The summed E-state index contributed by atoms with van der Waals surface area (Å²) in [5.74, 6) is 0.638. The number of aliphatic imine (C=N–C) groups is 1. The molecule has 2 rings (SSSR count). The Labute approximate surface area is 98.4 Å². The molecule has 0 saturated heterocycles. The number of rotatable bonds is 0. The molecule has 2 heterocycles. The van der Waals surface area contributed by atoms with Crippen LogP contribution in [0.3, 0.4) is 0 Å². The SMILES string of the molecule is CN=C(NC#N)N1CCc2nc(C)sc2C1. The molecule has 5 nitrogen and oxygen atoms in total. The van der Waals surface area contributed by atoms with Crippen molar-refractivity contribution in [1.29, 1.82) is 5.26 Å². The lowest BCUT2D eigenvalue weighted by atomic mass is 10.2. The molecule has 1 aromatic rings. The summed E-state index contributed by atoms with van der Waals surface area (Å²) >= 11 is 1.72. The van der Waals surface area contributed by atoms with Crippen LogP contribution in [0.5, 0.6) is 0 Å². The molecule has 0 atom stereocenters. The van der Waals surface area contributed by atoms with E-state index in [4.69, 9.17) is 5.26 Å². The Kier molecular flexibility index (Phi) is 3.06. The normalized spacial score (nSPS) is 15.6. The van der Waals surface area contributed by atoms with Crippen molar-refractivity contribution in [3.8, 4) is 6.19 Å². The van der Waals surface area contributed by atoms with Crippen LogP contribution in [-0.2, 0) is 13.0 Å². The van der Waals surface area contributed by atoms with E-state index in [1.807, 2.05) is 13.1 Å². The smallest absolute Gasteiger partial charge is 0.207 e. The van der Waals surface area contributed by atoms with E-state index in [2.05, 4.69) is 20.2 Å². The third kappa shape index (κ3) is 1.99. The number of aromatic nitrogens is 1. The number of fused-ring (bicyclic) bond motifs is 1. The lowest BCUT2D eigenvalue weighted by Crippen LogP contribution is -2.42. The molecule has 0 radical (unpaired) electrons. The van der Waals surface area contributed by atoms with E-state index in [1.165, 1.54) is 10.6 Å². The van der Waals surface area contributed by atoms with Crippen LogP contribution < -0.4 is 5.32 Å². The molecule has 0 aliphatic carbocycles. The lowest BCUT2D eigenvalue weighted by Gasteiger charge is -2.27. The van der Waals surface area contributed by atoms with Crippen LogP contribution in [0.25, 0.3) is 0 Å². The Morgan fingerprint density at radius 1 is 1.69 bits per heavy atom. The van der Waals surface area contributed by atoms with Crippen molar-refractivity contribution >= 4 is 17.3 Å². The first-order valence-electron chi connectivity index (χ1n) is 5.06. The molecular weight excluding hydrogens is 222 g/mol. The fourth-order valence-corrected chi connectivity index (χ4v) is 2.83. The number of nitrogens with zero attached hydrogens (tertiary/aromatic N) is 4. The predicted octanol–water partition coefficient (Wildman–Crippen LogP) is 0.866. The van der Waals surface area contributed by atoms with Crippen molar-refractivity contribution in [3.05, 3.63) is 15.6 Å². The zero-order valence-corrected chi connectivity index (χ0v) is 10.1. The summed E-state index contributed by atoms with van der Waals surface area (Å²) in [6.07, 6.45) is 2.83. The summed E-state index contributed by atoms with van der Waals surface area (Å²) in [5, 5.41) is 12.3. The number of hydrogen-bond donors (Lipinski definition) is 1. The maximum absolute atomic E-state index is 8.62. The largest absolute Gasteiger partial charge is 0.337 e. The van der Waals surface area contributed by atoms with Crippen molar-refractivity contribution < 1.29 is 0 Å². The summed E-state index contributed by atoms with van der Waals surface area (Å²) in [5.41, 5.74) is 1.20. The van der Waals surface area contributed by atoms with Gasteiger partial charge < -0.3 is 4.90 Å². The molecule has 1 aliphatic rings. The predicted molar refractivity (Wildman–Crippen MR) is 63.1 cm³/mol. The van der Waals surface area contributed by atoms with Crippen LogP contribution in [0.1, 0.15) is 15.6 Å². The average molecular weight is 235 g/mol. The van der Waals surface area contributed by atoms with Gasteiger partial charge in [-0.2, -0.15) is 5.26 Å². The molecule has 0 aromatic carbocycles. The highest BCUT2D eigenvalue weighted by Gasteiger charge is 2.21. The molecule has 0 amide bonds. The van der Waals surface area contributed by atoms with Crippen LogP contribution in [0.15, 0.2) is 4.99 Å². The van der Waals surface area contributed by atoms with E-state index in [1.54, 1.807) is 18.4 Å². The molecule has 1 aliphatic heterocycles. The summed E-state index contributed by atoms with van der Waals surface area (Å²) in [6, 6.07) is 0. The zero-order valence-electron chi connectivity index (χ0n) is 9.32. The fourth-order valence-electron chi connectivity index (χ4n) is 1.83. The second-order valence-corrected chi connectivity index (χ2v) is 4.85. The van der Waals surface area contributed by atoms with Crippen LogP contribution in [0.4, 0.5) is 0 Å². The first-order chi connectivity index (χ1) is 7.74. The van der Waals surface area contributed by atoms with E-state index in [0.717, 1.165) is 24.5 Å². The Balaban J connectivity index is 2.16. The number of nitriles is 1. The second kappa shape index (κ2) is 4.49. The molecule has 1 N–H and O–H groups in total. The second-order valence-electron chi connectivity index (χ2n) is 3.56. The molecule has 0 saturated carbocycles. The number of nitrogens with one attached hydrogen (secondary N) is 1. The summed E-state index contributed by atoms with van der Waals surface area (Å²) in [6.45, 7) is 3.68. The zero-order chi connectivity index (χ0) is 11.5. The topological polar surface area (TPSA) is 64.3 Å². The van der Waals surface area contributed by atoms with Gasteiger partial charge in [0.15, 0.2) is 6.19 Å². The van der Waals surface area contributed by atoms with Crippen LogP contribution in [0.2, 0.25) is 0 Å². The van der Waals surface area contributed by atoms with Crippen LogP contribution in [-0.4, -0.2) is 29.4 Å². The van der Waals surface area contributed by atoms with Gasteiger partial charge in [-0.25, -0.2) is 4.98 Å². The van der Waals surface area contributed by atoms with Gasteiger partial charge in [0.1, 0.15) is 0 Å². The van der Waals surface area contributed by atoms with E-state index >= 15 is 0 Å². The first-order valence-corrected chi connectivity index (χ1v) is 5.88. The molecule has 16 heavy (non-hydrogen) atoms. The lowest BCUT2D eigenvalue weighted by molar-refractivity contribution is 0.386. The monoisotopic (exact) mass is 235 g/mol. The number of hydrogen-bond acceptors (Lipinski definition) is 4. The van der Waals surface area contributed by atoms with Gasteiger partial charge in [-0.3, -0.25) is 10.3 Å². The summed E-state index contributed by atoms with van der Waals surface area (Å²) < 4.78 is 0. The Morgan fingerprint density at radius 3 is 3.19 bits per heavy atom. The van der Waals surface area contributed by atoms with E-state index < -0.39 is 0 Å². The van der Waals surface area contributed by atoms with Crippen LogP contribution >= 0.6 is 11.3 Å². The molecule has 0 fully saturated rings. The Hall–Kier alpha value is -1.61. The van der Waals surface area contributed by atoms with Crippen molar-refractivity contribution in [2.45, 2.75) is 19.9 Å². The van der Waals surface area contributed by atoms with Gasteiger partial charge in [0.25, 0.3) is 0 Å². The minimum atomic E-state index is 0.638. The maximum atomic E-state index is 8.62. The van der Waals surface area contributed by atoms with Gasteiger partial charge in [0, 0.05) is 24.9 Å². The third-order valence-corrected chi connectivity index (χ3v) is 3.52. The minimum Gasteiger partial charge on any atom is -0.337 e.